The minimum Gasteiger partial charge on any atom is -0.462 e. The molecule has 2 fully saturated rings. The van der Waals surface area contributed by atoms with Crippen LogP contribution in [0.25, 0.3) is 0 Å². The number of hydrogen-bond acceptors (Lipinski definition) is 4. The zero-order chi connectivity index (χ0) is 14.7. The lowest BCUT2D eigenvalue weighted by atomic mass is 9.67. The van der Waals surface area contributed by atoms with Crippen LogP contribution in [0.2, 0.25) is 0 Å². The number of carbonyl (C=O) groups excluding carboxylic acids is 2. The van der Waals surface area contributed by atoms with Gasteiger partial charge in [0.15, 0.2) is 5.78 Å². The van der Waals surface area contributed by atoms with Crippen LogP contribution >= 0.6 is 0 Å². The van der Waals surface area contributed by atoms with Crippen molar-refractivity contribution in [1.82, 2.24) is 0 Å². The van der Waals surface area contributed by atoms with E-state index in [9.17, 15) is 14.7 Å². The minimum atomic E-state index is -0.938. The number of rotatable bonds is 0. The van der Waals surface area contributed by atoms with Crippen LogP contribution in [0.3, 0.4) is 0 Å². The second kappa shape index (κ2) is 3.92. The number of ether oxygens (including phenoxy) is 1. The summed E-state index contributed by atoms with van der Waals surface area (Å²) in [6.45, 7) is 3.71. The summed E-state index contributed by atoms with van der Waals surface area (Å²) in [5, 5.41) is 10.8. The topological polar surface area (TPSA) is 63.6 Å². The van der Waals surface area contributed by atoms with E-state index in [2.05, 4.69) is 0 Å². The van der Waals surface area contributed by atoms with Crippen molar-refractivity contribution < 1.29 is 20.8 Å². The molecule has 1 aliphatic heterocycles. The first-order chi connectivity index (χ1) is 9.41. The molecule has 19 heavy (non-hydrogen) atoms. The molecule has 1 N–H and O–H groups in total. The number of hydrogen-bond donors (Lipinski definition) is 1. The maximum Gasteiger partial charge on any atom is 0.309 e. The normalized spacial score (nSPS) is 53.3. The van der Waals surface area contributed by atoms with Gasteiger partial charge in [0.25, 0.3) is 0 Å². The largest absolute Gasteiger partial charge is 0.462 e. The van der Waals surface area contributed by atoms with Crippen LogP contribution in [0.4, 0.5) is 0 Å². The van der Waals surface area contributed by atoms with Gasteiger partial charge in [-0.25, -0.2) is 0 Å². The predicted molar refractivity (Wildman–Crippen MR) is 68.1 cm³/mol. The third kappa shape index (κ3) is 1.49. The Kier molecular flexibility index (Phi) is 2.40. The molecule has 0 aromatic rings. The van der Waals surface area contributed by atoms with Crippen molar-refractivity contribution in [2.24, 2.45) is 29.1 Å². The van der Waals surface area contributed by atoms with Crippen molar-refractivity contribution in [2.75, 3.05) is 0 Å². The molecule has 4 heteroatoms. The number of esters is 1. The van der Waals surface area contributed by atoms with E-state index in [4.69, 9.17) is 6.11 Å². The fourth-order valence-electron chi connectivity index (χ4n) is 4.13. The average Bonchev–Trinajstić information content (AvgIpc) is 2.85. The second-order valence-electron chi connectivity index (χ2n) is 6.35. The molecule has 104 valence electrons. The molecule has 1 saturated heterocycles. The Labute approximate surface area is 114 Å². The summed E-state index contributed by atoms with van der Waals surface area (Å²) in [6.07, 6.45) is 2.77. The highest BCUT2D eigenvalue weighted by Crippen LogP contribution is 2.53. The van der Waals surface area contributed by atoms with Crippen LogP contribution in [0.5, 0.6) is 0 Å². The lowest BCUT2D eigenvalue weighted by Gasteiger charge is -2.37. The summed E-state index contributed by atoms with van der Waals surface area (Å²) in [6, 6.07) is 0. The molecule has 0 radical (unpaired) electrons. The maximum absolute atomic E-state index is 12.3. The van der Waals surface area contributed by atoms with Crippen molar-refractivity contribution in [2.45, 2.75) is 39.4 Å². The fraction of sp³-hybridized carbons (Fsp3) is 0.733. The zero-order valence-electron chi connectivity index (χ0n) is 12.2. The standard InChI is InChI=1S/C15H20O4/c1-7-6-10-12(8(2)14(18)19-10)13(17)15(3)9(7)4-5-11(15)16/h4-5,7-10,12-13,17H,6H2,1-3H3/t7-,8+,9+,10-,12-,13+,15+/m1/s1/i2D. The van der Waals surface area contributed by atoms with Crippen LogP contribution < -0.4 is 0 Å². The highest BCUT2D eigenvalue weighted by atomic mass is 16.6. The number of carbonyl (C=O) groups is 2. The first-order valence-corrected chi connectivity index (χ1v) is 6.81. The molecule has 3 rings (SSSR count). The summed E-state index contributed by atoms with van der Waals surface area (Å²) < 4.78 is 12.9. The van der Waals surface area contributed by atoms with E-state index in [1.165, 1.54) is 0 Å². The maximum atomic E-state index is 12.3. The van der Waals surface area contributed by atoms with Gasteiger partial charge >= 0.3 is 5.97 Å². The lowest BCUT2D eigenvalue weighted by Crippen LogP contribution is -2.47. The number of aliphatic hydroxyl groups is 1. The fourth-order valence-corrected chi connectivity index (χ4v) is 4.13. The Hall–Kier alpha value is -1.16. The number of ketones is 1. The van der Waals surface area contributed by atoms with Crippen LogP contribution in [0.15, 0.2) is 12.2 Å². The van der Waals surface area contributed by atoms with E-state index in [1.807, 2.05) is 13.0 Å². The lowest BCUT2D eigenvalue weighted by molar-refractivity contribution is -0.144. The van der Waals surface area contributed by atoms with E-state index in [0.717, 1.165) is 0 Å². The van der Waals surface area contributed by atoms with Crippen LogP contribution in [0, 0.1) is 29.1 Å². The van der Waals surface area contributed by atoms with Crippen LogP contribution in [0.1, 0.15) is 28.5 Å². The Morgan fingerprint density at radius 1 is 1.53 bits per heavy atom. The smallest absolute Gasteiger partial charge is 0.309 e. The van der Waals surface area contributed by atoms with Crippen molar-refractivity contribution in [3.05, 3.63) is 12.2 Å². The molecule has 0 unspecified atom stereocenters. The number of aliphatic hydroxyl groups excluding tert-OH is 1. The van der Waals surface area contributed by atoms with E-state index in [1.54, 1.807) is 13.0 Å². The summed E-state index contributed by atoms with van der Waals surface area (Å²) in [7, 11) is 0. The van der Waals surface area contributed by atoms with Gasteiger partial charge in [-0.1, -0.05) is 19.9 Å². The van der Waals surface area contributed by atoms with E-state index in [-0.39, 0.29) is 30.6 Å². The summed E-state index contributed by atoms with van der Waals surface area (Å²) in [5.74, 6) is -1.41. The van der Waals surface area contributed by atoms with Gasteiger partial charge in [0.2, 0.25) is 0 Å². The van der Waals surface area contributed by atoms with E-state index < -0.39 is 29.3 Å². The molecular formula is C15H20O4. The molecule has 0 aromatic carbocycles. The minimum absolute atomic E-state index is 0.0271. The highest BCUT2D eigenvalue weighted by molar-refractivity contribution is 5.98. The van der Waals surface area contributed by atoms with Gasteiger partial charge in [-0.3, -0.25) is 9.59 Å². The monoisotopic (exact) mass is 265 g/mol. The molecule has 2 aliphatic carbocycles. The van der Waals surface area contributed by atoms with Crippen molar-refractivity contribution in [3.8, 4) is 0 Å². The Balaban J connectivity index is 2.05. The molecule has 4 nitrogen and oxygen atoms in total. The Morgan fingerprint density at radius 2 is 2.26 bits per heavy atom. The highest BCUT2D eigenvalue weighted by Gasteiger charge is 2.60. The molecule has 3 aliphatic rings. The molecule has 1 saturated carbocycles. The van der Waals surface area contributed by atoms with Gasteiger partial charge in [0.05, 0.1) is 17.4 Å². The quantitative estimate of drug-likeness (QED) is 0.671. The van der Waals surface area contributed by atoms with Gasteiger partial charge in [0.1, 0.15) is 6.10 Å². The molecule has 0 aromatic heterocycles. The third-order valence-corrected chi connectivity index (χ3v) is 5.34. The molecule has 0 amide bonds. The molecular weight excluding hydrogens is 244 g/mol. The van der Waals surface area contributed by atoms with Crippen molar-refractivity contribution in [1.29, 1.82) is 0 Å². The summed E-state index contributed by atoms with van der Waals surface area (Å²) >= 11 is 0. The first kappa shape index (κ1) is 11.6. The summed E-state index contributed by atoms with van der Waals surface area (Å²) in [4.78, 5) is 24.1. The second-order valence-corrected chi connectivity index (χ2v) is 6.35. The molecule has 1 heterocycles. The van der Waals surface area contributed by atoms with Crippen molar-refractivity contribution >= 4 is 11.8 Å². The predicted octanol–water partition coefficient (Wildman–Crippen LogP) is 1.33. The van der Waals surface area contributed by atoms with Gasteiger partial charge in [-0.05, 0) is 31.3 Å². The van der Waals surface area contributed by atoms with Gasteiger partial charge in [0, 0.05) is 7.29 Å². The number of allylic oxidation sites excluding steroid dienone is 2. The number of fused-ring (bicyclic) bond motifs is 2. The third-order valence-electron chi connectivity index (χ3n) is 5.34. The zero-order valence-corrected chi connectivity index (χ0v) is 11.2. The van der Waals surface area contributed by atoms with Crippen LogP contribution in [-0.4, -0.2) is 29.1 Å². The van der Waals surface area contributed by atoms with Gasteiger partial charge in [-0.2, -0.15) is 0 Å². The van der Waals surface area contributed by atoms with E-state index in [0.29, 0.717) is 6.42 Å². The van der Waals surface area contributed by atoms with Gasteiger partial charge < -0.3 is 9.84 Å². The molecule has 0 spiro atoms. The average molecular weight is 265 g/mol. The molecule has 0 bridgehead atoms. The summed E-state index contributed by atoms with van der Waals surface area (Å²) in [5.41, 5.74) is -0.889. The van der Waals surface area contributed by atoms with Crippen LogP contribution in [-0.2, 0) is 14.3 Å². The van der Waals surface area contributed by atoms with Gasteiger partial charge in [-0.15, -0.1) is 0 Å². The Bertz CT molecular complexity index is 488. The Morgan fingerprint density at radius 3 is 2.95 bits per heavy atom. The van der Waals surface area contributed by atoms with Crippen molar-refractivity contribution in [3.63, 3.8) is 0 Å². The SMILES string of the molecule is [2H]C[C@@H]1C(=O)O[C@@H]2C[C@@H](C)[C@@H]3C=CC(=O)[C@@]3(C)[C@@H](O)[C@H]12. The molecule has 7 atom stereocenters. The first-order valence-electron chi connectivity index (χ1n) is 7.52. The van der Waals surface area contributed by atoms with E-state index >= 15 is 0 Å².